The van der Waals surface area contributed by atoms with Gasteiger partial charge in [-0.25, -0.2) is 21.9 Å². The highest BCUT2D eigenvalue weighted by molar-refractivity contribution is 9.10. The first-order chi connectivity index (χ1) is 9.70. The molecule has 21 heavy (non-hydrogen) atoms. The van der Waals surface area contributed by atoms with E-state index in [1.165, 1.54) is 0 Å². The third-order valence-electron chi connectivity index (χ3n) is 4.15. The van der Waals surface area contributed by atoms with Crippen LogP contribution >= 0.6 is 15.9 Å². The number of hydrogen-bond acceptors (Lipinski definition) is 2. The van der Waals surface area contributed by atoms with Crippen LogP contribution in [-0.4, -0.2) is 14.5 Å². The number of benzene rings is 1. The van der Waals surface area contributed by atoms with Gasteiger partial charge in [-0.05, 0) is 53.1 Å². The van der Waals surface area contributed by atoms with Crippen LogP contribution in [0, 0.1) is 23.5 Å². The monoisotopic (exact) mass is 381 g/mol. The normalized spacial score (nSPS) is 26.8. The molecule has 1 N–H and O–H groups in total. The van der Waals surface area contributed by atoms with Crippen molar-refractivity contribution in [3.8, 4) is 0 Å². The van der Waals surface area contributed by atoms with E-state index < -0.39 is 26.6 Å². The minimum absolute atomic E-state index is 0.107. The van der Waals surface area contributed by atoms with Crippen LogP contribution in [0.2, 0.25) is 0 Å². The lowest BCUT2D eigenvalue weighted by Gasteiger charge is -2.32. The van der Waals surface area contributed by atoms with Crippen LogP contribution in [0.25, 0.3) is 0 Å². The van der Waals surface area contributed by atoms with Gasteiger partial charge in [0.15, 0.2) is 0 Å². The Balaban J connectivity index is 2.24. The molecule has 1 aliphatic carbocycles. The quantitative estimate of drug-likeness (QED) is 0.864. The molecule has 1 aromatic carbocycles. The Kier molecular flexibility index (Phi) is 5.05. The Morgan fingerprint density at radius 1 is 1.19 bits per heavy atom. The van der Waals surface area contributed by atoms with Crippen molar-refractivity contribution >= 4 is 26.0 Å². The molecule has 1 saturated carbocycles. The van der Waals surface area contributed by atoms with Gasteiger partial charge in [0.1, 0.15) is 16.5 Å². The number of hydrogen-bond donors (Lipinski definition) is 1. The highest BCUT2D eigenvalue weighted by Crippen LogP contribution is 2.31. The Hall–Kier alpha value is -0.530. The molecule has 2 rings (SSSR count). The van der Waals surface area contributed by atoms with Crippen LogP contribution in [0.5, 0.6) is 0 Å². The molecule has 0 aliphatic heterocycles. The Morgan fingerprint density at radius 2 is 1.86 bits per heavy atom. The van der Waals surface area contributed by atoms with Gasteiger partial charge in [0, 0.05) is 16.6 Å². The van der Waals surface area contributed by atoms with Gasteiger partial charge in [0.05, 0.1) is 0 Å². The molecule has 0 saturated heterocycles. The average molecular weight is 382 g/mol. The van der Waals surface area contributed by atoms with Crippen LogP contribution < -0.4 is 4.72 Å². The molecule has 0 radical (unpaired) electrons. The third kappa shape index (κ3) is 3.81. The molecule has 0 aromatic heterocycles. The van der Waals surface area contributed by atoms with Crippen LogP contribution in [-0.2, 0) is 10.0 Å². The van der Waals surface area contributed by atoms with E-state index in [4.69, 9.17) is 0 Å². The van der Waals surface area contributed by atoms with Crippen molar-refractivity contribution in [2.24, 2.45) is 11.8 Å². The molecule has 0 bridgehead atoms. The second kappa shape index (κ2) is 6.30. The lowest BCUT2D eigenvalue weighted by atomic mass is 9.79. The standard InChI is InChI=1S/C14H18BrF2NO2S/c1-8-3-4-11(5-9(8)2)18-21(19,20)14-12(15)6-10(16)7-13(14)17/h6-9,11,18H,3-5H2,1-2H3. The van der Waals surface area contributed by atoms with Crippen molar-refractivity contribution < 1.29 is 17.2 Å². The van der Waals surface area contributed by atoms with Crippen molar-refractivity contribution in [1.82, 2.24) is 4.72 Å². The summed E-state index contributed by atoms with van der Waals surface area (Å²) in [7, 11) is -4.02. The van der Waals surface area contributed by atoms with Gasteiger partial charge in [0.2, 0.25) is 10.0 Å². The topological polar surface area (TPSA) is 46.2 Å². The largest absolute Gasteiger partial charge is 0.244 e. The van der Waals surface area contributed by atoms with E-state index >= 15 is 0 Å². The van der Waals surface area contributed by atoms with Crippen molar-refractivity contribution in [3.05, 3.63) is 28.2 Å². The number of sulfonamides is 1. The fourth-order valence-corrected chi connectivity index (χ4v) is 5.17. The van der Waals surface area contributed by atoms with E-state index in [-0.39, 0.29) is 10.5 Å². The number of rotatable bonds is 3. The zero-order chi connectivity index (χ0) is 15.8. The van der Waals surface area contributed by atoms with E-state index in [1.54, 1.807) is 0 Å². The molecule has 1 fully saturated rings. The number of halogens is 3. The highest BCUT2D eigenvalue weighted by atomic mass is 79.9. The predicted molar refractivity (Wildman–Crippen MR) is 80.3 cm³/mol. The molecular formula is C14H18BrF2NO2S. The second-order valence-electron chi connectivity index (χ2n) is 5.78. The smallest absolute Gasteiger partial charge is 0.208 e. The number of nitrogens with one attached hydrogen (secondary N) is 1. The molecule has 3 nitrogen and oxygen atoms in total. The maximum atomic E-state index is 13.8. The molecule has 0 amide bonds. The zero-order valence-corrected chi connectivity index (χ0v) is 14.3. The molecule has 1 aromatic rings. The van der Waals surface area contributed by atoms with Gasteiger partial charge < -0.3 is 0 Å². The fourth-order valence-electron chi connectivity index (χ4n) is 2.72. The van der Waals surface area contributed by atoms with Crippen molar-refractivity contribution in [2.45, 2.75) is 44.0 Å². The first-order valence-electron chi connectivity index (χ1n) is 6.87. The van der Waals surface area contributed by atoms with Gasteiger partial charge in [-0.15, -0.1) is 0 Å². The van der Waals surface area contributed by atoms with Crippen molar-refractivity contribution in [3.63, 3.8) is 0 Å². The molecule has 0 spiro atoms. The van der Waals surface area contributed by atoms with Crippen LogP contribution in [0.4, 0.5) is 8.78 Å². The molecular weight excluding hydrogens is 364 g/mol. The van der Waals surface area contributed by atoms with Gasteiger partial charge >= 0.3 is 0 Å². The Labute approximate surface area is 132 Å². The summed E-state index contributed by atoms with van der Waals surface area (Å²) in [6.07, 6.45) is 2.38. The molecule has 0 heterocycles. The minimum atomic E-state index is -4.02. The van der Waals surface area contributed by atoms with Crippen LogP contribution in [0.15, 0.2) is 21.5 Å². The van der Waals surface area contributed by atoms with Gasteiger partial charge in [0.25, 0.3) is 0 Å². The fraction of sp³-hybridized carbons (Fsp3) is 0.571. The molecule has 3 atom stereocenters. The first kappa shape index (κ1) is 16.8. The summed E-state index contributed by atoms with van der Waals surface area (Å²) in [6.45, 7) is 4.23. The SMILES string of the molecule is CC1CCC(NS(=O)(=O)c2c(F)cc(F)cc2Br)CC1C. The summed E-state index contributed by atoms with van der Waals surface area (Å²) in [5, 5.41) is 0. The summed E-state index contributed by atoms with van der Waals surface area (Å²) in [6, 6.07) is 1.31. The lowest BCUT2D eigenvalue weighted by molar-refractivity contribution is 0.241. The third-order valence-corrected chi connectivity index (χ3v) is 6.64. The van der Waals surface area contributed by atoms with Crippen molar-refractivity contribution in [2.75, 3.05) is 0 Å². The molecule has 3 unspecified atom stereocenters. The van der Waals surface area contributed by atoms with Gasteiger partial charge in [-0.3, -0.25) is 0 Å². The lowest BCUT2D eigenvalue weighted by Crippen LogP contribution is -2.40. The molecule has 1 aliphatic rings. The summed E-state index contributed by atoms with van der Waals surface area (Å²) < 4.78 is 54.0. The summed E-state index contributed by atoms with van der Waals surface area (Å²) >= 11 is 2.92. The Morgan fingerprint density at radius 3 is 2.43 bits per heavy atom. The molecule has 7 heteroatoms. The van der Waals surface area contributed by atoms with E-state index in [1.807, 2.05) is 0 Å². The van der Waals surface area contributed by atoms with Crippen molar-refractivity contribution in [1.29, 1.82) is 0 Å². The Bertz CT molecular complexity index is 613. The van der Waals surface area contributed by atoms with Gasteiger partial charge in [-0.1, -0.05) is 13.8 Å². The predicted octanol–water partition coefficient (Wildman–Crippen LogP) is 3.83. The average Bonchev–Trinajstić information content (AvgIpc) is 2.31. The summed E-state index contributed by atoms with van der Waals surface area (Å²) in [5.41, 5.74) is 0. The maximum absolute atomic E-state index is 13.8. The second-order valence-corrected chi connectivity index (χ2v) is 8.29. The zero-order valence-electron chi connectivity index (χ0n) is 11.9. The molecule has 118 valence electrons. The first-order valence-corrected chi connectivity index (χ1v) is 9.15. The highest BCUT2D eigenvalue weighted by Gasteiger charge is 2.30. The minimum Gasteiger partial charge on any atom is -0.208 e. The van der Waals surface area contributed by atoms with E-state index in [0.29, 0.717) is 17.9 Å². The summed E-state index contributed by atoms with van der Waals surface area (Å²) in [4.78, 5) is -0.532. The van der Waals surface area contributed by atoms with Crippen LogP contribution in [0.3, 0.4) is 0 Å². The van der Waals surface area contributed by atoms with E-state index in [9.17, 15) is 17.2 Å². The maximum Gasteiger partial charge on any atom is 0.244 e. The van der Waals surface area contributed by atoms with E-state index in [0.717, 1.165) is 25.3 Å². The van der Waals surface area contributed by atoms with Gasteiger partial charge in [-0.2, -0.15) is 0 Å². The summed E-state index contributed by atoms with van der Waals surface area (Å²) in [5.74, 6) is -0.946. The van der Waals surface area contributed by atoms with E-state index in [2.05, 4.69) is 34.5 Å². The van der Waals surface area contributed by atoms with Crippen LogP contribution in [0.1, 0.15) is 33.1 Å².